The van der Waals surface area contributed by atoms with Crippen molar-refractivity contribution in [1.82, 2.24) is 9.80 Å². The van der Waals surface area contributed by atoms with Crippen LogP contribution in [0.5, 0.6) is 0 Å². The number of hydrogen-bond acceptors (Lipinski definition) is 4. The SMILES string of the molecule is C[C@H](C[C@@H](Cc1ccc(-c2ccccc2)cc1)N(C)C(=O)N(C(=O)O)C(=O)O)C(=O)O. The number of urea groups is 1. The van der Waals surface area contributed by atoms with Gasteiger partial charge >= 0.3 is 24.2 Å². The number of amides is 4. The molecular weight excluding hydrogens is 404 g/mol. The van der Waals surface area contributed by atoms with Crippen molar-refractivity contribution in [3.05, 3.63) is 60.2 Å². The first-order chi connectivity index (χ1) is 14.6. The first kappa shape index (κ1) is 23.4. The van der Waals surface area contributed by atoms with Crippen LogP contribution < -0.4 is 0 Å². The van der Waals surface area contributed by atoms with Crippen LogP contribution in [0.15, 0.2) is 54.6 Å². The smallest absolute Gasteiger partial charge is 0.425 e. The number of imide groups is 3. The molecule has 0 unspecified atom stereocenters. The van der Waals surface area contributed by atoms with Crippen LogP contribution in [-0.2, 0) is 11.2 Å². The fourth-order valence-electron chi connectivity index (χ4n) is 3.18. The fraction of sp³-hybridized carbons (Fsp3) is 0.273. The number of benzene rings is 2. The highest BCUT2D eigenvalue weighted by atomic mass is 16.4. The van der Waals surface area contributed by atoms with E-state index in [0.717, 1.165) is 21.6 Å². The maximum atomic E-state index is 12.5. The van der Waals surface area contributed by atoms with Crippen molar-refractivity contribution in [2.75, 3.05) is 7.05 Å². The second-order valence-corrected chi connectivity index (χ2v) is 7.19. The fourth-order valence-corrected chi connectivity index (χ4v) is 3.18. The van der Waals surface area contributed by atoms with Crippen LogP contribution in [-0.4, -0.2) is 62.4 Å². The minimum atomic E-state index is -1.93. The number of rotatable bonds is 7. The predicted octanol–water partition coefficient (Wildman–Crippen LogP) is 4.09. The zero-order chi connectivity index (χ0) is 23.1. The van der Waals surface area contributed by atoms with E-state index in [4.69, 9.17) is 10.2 Å². The van der Waals surface area contributed by atoms with Gasteiger partial charge in [-0.05, 0) is 29.5 Å². The molecule has 0 saturated heterocycles. The van der Waals surface area contributed by atoms with Crippen molar-refractivity contribution in [1.29, 1.82) is 0 Å². The summed E-state index contributed by atoms with van der Waals surface area (Å²) in [6.07, 6.45) is -3.62. The van der Waals surface area contributed by atoms with E-state index in [2.05, 4.69) is 0 Å². The summed E-state index contributed by atoms with van der Waals surface area (Å²) in [6, 6.07) is 15.2. The lowest BCUT2D eigenvalue weighted by Gasteiger charge is -2.31. The molecule has 3 N–H and O–H groups in total. The maximum Gasteiger partial charge on any atom is 0.425 e. The molecule has 31 heavy (non-hydrogen) atoms. The Bertz CT molecular complexity index is 930. The Balaban J connectivity index is 2.27. The van der Waals surface area contributed by atoms with E-state index in [1.54, 1.807) is 0 Å². The molecule has 0 aliphatic carbocycles. The largest absolute Gasteiger partial charge is 0.481 e. The molecule has 0 radical (unpaired) electrons. The minimum absolute atomic E-state index is 0.0189. The highest BCUT2D eigenvalue weighted by Gasteiger charge is 2.34. The summed E-state index contributed by atoms with van der Waals surface area (Å²) in [5, 5.41) is 27.4. The van der Waals surface area contributed by atoms with Crippen LogP contribution in [0.25, 0.3) is 11.1 Å². The standard InChI is InChI=1S/C22H24N2O7/c1-14(19(25)26)12-18(23(2)20(27)24(21(28)29)22(30)31)13-15-8-10-17(11-9-15)16-6-4-3-5-7-16/h3-11,14,18H,12-13H2,1-2H3,(H,25,26)(H,28,29)(H,30,31)/t14-,18+/m1/s1. The van der Waals surface area contributed by atoms with Gasteiger partial charge in [-0.2, -0.15) is 0 Å². The quantitative estimate of drug-likeness (QED) is 0.604. The van der Waals surface area contributed by atoms with E-state index in [1.807, 2.05) is 54.6 Å². The number of nitrogens with zero attached hydrogens (tertiary/aromatic N) is 2. The van der Waals surface area contributed by atoms with E-state index < -0.39 is 36.1 Å². The lowest BCUT2D eigenvalue weighted by Crippen LogP contribution is -2.51. The Morgan fingerprint density at radius 1 is 0.839 bits per heavy atom. The van der Waals surface area contributed by atoms with Crippen molar-refractivity contribution < 1.29 is 34.5 Å². The molecule has 2 rings (SSSR count). The molecule has 2 atom stereocenters. The molecular formula is C22H24N2O7. The molecule has 0 aliphatic heterocycles. The van der Waals surface area contributed by atoms with Crippen molar-refractivity contribution in [2.24, 2.45) is 5.92 Å². The Morgan fingerprint density at radius 3 is 1.84 bits per heavy atom. The maximum absolute atomic E-state index is 12.5. The summed E-state index contributed by atoms with van der Waals surface area (Å²) in [4.78, 5) is 46.8. The van der Waals surface area contributed by atoms with Gasteiger partial charge in [0, 0.05) is 13.1 Å². The molecule has 2 aromatic rings. The Labute approximate surface area is 179 Å². The third kappa shape index (κ3) is 6.05. The van der Waals surface area contributed by atoms with Crippen LogP contribution in [0, 0.1) is 5.92 Å². The third-order valence-electron chi connectivity index (χ3n) is 5.00. The average Bonchev–Trinajstić information content (AvgIpc) is 2.73. The molecule has 0 aliphatic rings. The number of carbonyl (C=O) groups is 4. The van der Waals surface area contributed by atoms with Crippen LogP contribution in [0.4, 0.5) is 14.4 Å². The van der Waals surface area contributed by atoms with Crippen molar-refractivity contribution in [3.8, 4) is 11.1 Å². The van der Waals surface area contributed by atoms with Gasteiger partial charge in [0.05, 0.1) is 5.92 Å². The first-order valence-corrected chi connectivity index (χ1v) is 9.51. The van der Waals surface area contributed by atoms with Gasteiger partial charge in [0.2, 0.25) is 0 Å². The van der Waals surface area contributed by atoms with Gasteiger partial charge in [-0.15, -0.1) is 4.90 Å². The normalized spacial score (nSPS) is 12.5. The molecule has 164 valence electrons. The predicted molar refractivity (Wildman–Crippen MR) is 112 cm³/mol. The van der Waals surface area contributed by atoms with Gasteiger partial charge < -0.3 is 20.2 Å². The lowest BCUT2D eigenvalue weighted by atomic mass is 9.94. The second kappa shape index (κ2) is 10.2. The number of carboxylic acid groups (broad SMARTS) is 3. The number of likely N-dealkylation sites (N-methyl/N-ethyl adjacent to an activating group) is 1. The molecule has 0 aromatic heterocycles. The number of hydrogen-bond donors (Lipinski definition) is 3. The van der Waals surface area contributed by atoms with Crippen molar-refractivity contribution >= 4 is 24.2 Å². The molecule has 9 nitrogen and oxygen atoms in total. The zero-order valence-corrected chi connectivity index (χ0v) is 17.1. The molecule has 2 aromatic carbocycles. The van der Waals surface area contributed by atoms with Crippen LogP contribution in [0.3, 0.4) is 0 Å². The molecule has 9 heteroatoms. The second-order valence-electron chi connectivity index (χ2n) is 7.19. The lowest BCUT2D eigenvalue weighted by molar-refractivity contribution is -0.141. The summed E-state index contributed by atoms with van der Waals surface area (Å²) >= 11 is 0. The van der Waals surface area contributed by atoms with Gasteiger partial charge in [-0.1, -0.05) is 61.5 Å². The van der Waals surface area contributed by atoms with Crippen LogP contribution >= 0.6 is 0 Å². The van der Waals surface area contributed by atoms with E-state index in [1.165, 1.54) is 14.0 Å². The van der Waals surface area contributed by atoms with E-state index >= 15 is 0 Å². The van der Waals surface area contributed by atoms with Gasteiger partial charge in [-0.25, -0.2) is 14.4 Å². The summed E-state index contributed by atoms with van der Waals surface area (Å²) in [5.74, 6) is -1.90. The monoisotopic (exact) mass is 428 g/mol. The Hall–Kier alpha value is -3.88. The Morgan fingerprint density at radius 2 is 1.35 bits per heavy atom. The highest BCUT2D eigenvalue weighted by molar-refractivity contribution is 6.04. The molecule has 0 saturated carbocycles. The zero-order valence-electron chi connectivity index (χ0n) is 17.1. The van der Waals surface area contributed by atoms with Gasteiger partial charge in [0.15, 0.2) is 0 Å². The number of carbonyl (C=O) groups excluding carboxylic acids is 1. The molecule has 0 heterocycles. The summed E-state index contributed by atoms with van der Waals surface area (Å²) in [7, 11) is 1.26. The molecule has 0 bridgehead atoms. The van der Waals surface area contributed by atoms with Crippen LogP contribution in [0.2, 0.25) is 0 Å². The first-order valence-electron chi connectivity index (χ1n) is 9.51. The summed E-state index contributed by atoms with van der Waals surface area (Å²) in [6.45, 7) is 1.47. The van der Waals surface area contributed by atoms with E-state index in [0.29, 0.717) is 0 Å². The number of carboxylic acids is 1. The minimum Gasteiger partial charge on any atom is -0.481 e. The van der Waals surface area contributed by atoms with Crippen LogP contribution in [0.1, 0.15) is 18.9 Å². The van der Waals surface area contributed by atoms with Gasteiger partial charge in [0.1, 0.15) is 0 Å². The molecule has 4 amide bonds. The molecule has 0 spiro atoms. The number of aliphatic carboxylic acids is 1. The summed E-state index contributed by atoms with van der Waals surface area (Å²) < 4.78 is 0. The van der Waals surface area contributed by atoms with Crippen molar-refractivity contribution in [3.63, 3.8) is 0 Å². The van der Waals surface area contributed by atoms with E-state index in [-0.39, 0.29) is 17.7 Å². The topological polar surface area (TPSA) is 135 Å². The highest BCUT2D eigenvalue weighted by Crippen LogP contribution is 2.22. The summed E-state index contributed by atoms with van der Waals surface area (Å²) in [5.41, 5.74) is 2.79. The van der Waals surface area contributed by atoms with Crippen molar-refractivity contribution in [2.45, 2.75) is 25.8 Å². The average molecular weight is 428 g/mol. The van der Waals surface area contributed by atoms with Gasteiger partial charge in [-0.3, -0.25) is 4.79 Å². The van der Waals surface area contributed by atoms with E-state index in [9.17, 15) is 24.3 Å². The Kier molecular flexibility index (Phi) is 7.73. The molecule has 0 fully saturated rings. The van der Waals surface area contributed by atoms with Gasteiger partial charge in [0.25, 0.3) is 0 Å². The third-order valence-corrected chi connectivity index (χ3v) is 5.00.